The van der Waals surface area contributed by atoms with Gasteiger partial charge in [-0.2, -0.15) is 0 Å². The van der Waals surface area contributed by atoms with Gasteiger partial charge in [0.15, 0.2) is 15.6 Å². The molecule has 1 aromatic rings. The van der Waals surface area contributed by atoms with E-state index in [-0.39, 0.29) is 11.0 Å². The van der Waals surface area contributed by atoms with Crippen molar-refractivity contribution in [1.29, 1.82) is 0 Å². The van der Waals surface area contributed by atoms with Gasteiger partial charge in [0.1, 0.15) is 0 Å². The molecule has 1 aliphatic heterocycles. The highest BCUT2D eigenvalue weighted by Gasteiger charge is 2.33. The van der Waals surface area contributed by atoms with Crippen LogP contribution in [0.2, 0.25) is 0 Å². The number of carbonyl (C=O) groups excluding carboxylic acids is 1. The average molecular weight is 224 g/mol. The molecule has 0 saturated heterocycles. The molecule has 0 saturated carbocycles. The van der Waals surface area contributed by atoms with Crippen molar-refractivity contribution < 1.29 is 13.2 Å². The minimum Gasteiger partial charge on any atom is -0.295 e. The zero-order chi connectivity index (χ0) is 11.2. The Hall–Kier alpha value is -1.16. The number of hydrogen-bond acceptors (Lipinski definition) is 3. The van der Waals surface area contributed by atoms with Gasteiger partial charge in [-0.25, -0.2) is 8.42 Å². The van der Waals surface area contributed by atoms with Crippen LogP contribution in [0.1, 0.15) is 29.8 Å². The first-order valence-corrected chi connectivity index (χ1v) is 6.35. The molecule has 0 radical (unpaired) electrons. The van der Waals surface area contributed by atoms with E-state index < -0.39 is 9.84 Å². The van der Waals surface area contributed by atoms with Crippen molar-refractivity contribution in [3.63, 3.8) is 0 Å². The van der Waals surface area contributed by atoms with E-state index in [1.807, 2.05) is 0 Å². The summed E-state index contributed by atoms with van der Waals surface area (Å²) in [5, 5.41) is -0.366. The van der Waals surface area contributed by atoms with E-state index in [0.29, 0.717) is 16.9 Å². The van der Waals surface area contributed by atoms with E-state index >= 15 is 0 Å². The van der Waals surface area contributed by atoms with Gasteiger partial charge >= 0.3 is 0 Å². The molecule has 2 rings (SSSR count). The van der Waals surface area contributed by atoms with Gasteiger partial charge in [0.05, 0.1) is 10.1 Å². The number of rotatable bonds is 1. The molecule has 0 bridgehead atoms. The second kappa shape index (κ2) is 3.17. The zero-order valence-corrected chi connectivity index (χ0v) is 9.47. The molecule has 0 spiro atoms. The number of sulfone groups is 1. The Labute approximate surface area is 89.0 Å². The van der Waals surface area contributed by atoms with Crippen molar-refractivity contribution in [3.05, 3.63) is 29.3 Å². The second-order valence-electron chi connectivity index (χ2n) is 3.94. The summed E-state index contributed by atoms with van der Waals surface area (Å²) in [5.41, 5.74) is 1.29. The molecule has 0 fully saturated rings. The monoisotopic (exact) mass is 224 g/mol. The Bertz CT molecular complexity index is 529. The van der Waals surface area contributed by atoms with E-state index in [1.54, 1.807) is 19.1 Å². The van der Waals surface area contributed by atoms with Crippen molar-refractivity contribution >= 4 is 15.6 Å². The van der Waals surface area contributed by atoms with Crippen LogP contribution in [-0.2, 0) is 16.3 Å². The van der Waals surface area contributed by atoms with Gasteiger partial charge in [-0.3, -0.25) is 4.79 Å². The van der Waals surface area contributed by atoms with E-state index in [4.69, 9.17) is 0 Å². The summed E-state index contributed by atoms with van der Waals surface area (Å²) in [6, 6.07) is 4.93. The molecule has 80 valence electrons. The standard InChI is InChI=1S/C11H12O3S/c1-7-5-10-4-3-9(8(2)12)6-11(10)15(7,13)14/h3-4,6-7H,5H2,1-2H3. The minimum atomic E-state index is -3.19. The molecule has 15 heavy (non-hydrogen) atoms. The maximum absolute atomic E-state index is 11.8. The fourth-order valence-electron chi connectivity index (χ4n) is 1.84. The molecule has 1 unspecified atom stereocenters. The van der Waals surface area contributed by atoms with Crippen LogP contribution in [0.4, 0.5) is 0 Å². The summed E-state index contributed by atoms with van der Waals surface area (Å²) in [5.74, 6) is -0.104. The molecule has 3 nitrogen and oxygen atoms in total. The summed E-state index contributed by atoms with van der Waals surface area (Å²) in [6.45, 7) is 3.13. The fraction of sp³-hybridized carbons (Fsp3) is 0.364. The minimum absolute atomic E-state index is 0.104. The first kappa shape index (κ1) is 10.4. The fourth-order valence-corrected chi connectivity index (χ4v) is 3.48. The summed E-state index contributed by atoms with van der Waals surface area (Å²) < 4.78 is 23.7. The molecule has 0 amide bonds. The number of fused-ring (bicyclic) bond motifs is 1. The van der Waals surface area contributed by atoms with E-state index in [0.717, 1.165) is 5.56 Å². The van der Waals surface area contributed by atoms with Crippen LogP contribution in [0.25, 0.3) is 0 Å². The largest absolute Gasteiger partial charge is 0.295 e. The Morgan fingerprint density at radius 3 is 2.67 bits per heavy atom. The maximum atomic E-state index is 11.8. The number of benzene rings is 1. The molecule has 1 heterocycles. The smallest absolute Gasteiger partial charge is 0.181 e. The van der Waals surface area contributed by atoms with Crippen LogP contribution in [0.3, 0.4) is 0 Å². The van der Waals surface area contributed by atoms with Gasteiger partial charge in [-0.05, 0) is 31.9 Å². The van der Waals surface area contributed by atoms with Crippen molar-refractivity contribution in [2.45, 2.75) is 30.4 Å². The lowest BCUT2D eigenvalue weighted by Crippen LogP contribution is -2.11. The third-order valence-electron chi connectivity index (χ3n) is 2.82. The lowest BCUT2D eigenvalue weighted by atomic mass is 10.1. The van der Waals surface area contributed by atoms with Crippen LogP contribution in [0.5, 0.6) is 0 Å². The highest BCUT2D eigenvalue weighted by atomic mass is 32.2. The summed E-state index contributed by atoms with van der Waals surface area (Å²) in [4.78, 5) is 11.5. The summed E-state index contributed by atoms with van der Waals surface area (Å²) in [6.07, 6.45) is 0.551. The lowest BCUT2D eigenvalue weighted by molar-refractivity contribution is 0.101. The van der Waals surface area contributed by atoms with Gasteiger partial charge in [-0.15, -0.1) is 0 Å². The first-order chi connectivity index (χ1) is 6.93. The Morgan fingerprint density at radius 2 is 2.07 bits per heavy atom. The van der Waals surface area contributed by atoms with Crippen LogP contribution < -0.4 is 0 Å². The maximum Gasteiger partial charge on any atom is 0.181 e. The zero-order valence-electron chi connectivity index (χ0n) is 8.65. The number of carbonyl (C=O) groups is 1. The molecule has 0 N–H and O–H groups in total. The predicted octanol–water partition coefficient (Wildman–Crippen LogP) is 1.61. The van der Waals surface area contributed by atoms with Crippen molar-refractivity contribution in [1.82, 2.24) is 0 Å². The highest BCUT2D eigenvalue weighted by molar-refractivity contribution is 7.92. The van der Waals surface area contributed by atoms with E-state index in [2.05, 4.69) is 0 Å². The van der Waals surface area contributed by atoms with Crippen molar-refractivity contribution in [2.24, 2.45) is 0 Å². The SMILES string of the molecule is CC(=O)c1ccc2c(c1)S(=O)(=O)C(C)C2. The number of hydrogen-bond donors (Lipinski definition) is 0. The predicted molar refractivity (Wildman–Crippen MR) is 56.8 cm³/mol. The highest BCUT2D eigenvalue weighted by Crippen LogP contribution is 2.31. The molecule has 1 aromatic carbocycles. The van der Waals surface area contributed by atoms with Crippen LogP contribution >= 0.6 is 0 Å². The Balaban J connectivity index is 2.65. The molecular weight excluding hydrogens is 212 g/mol. The van der Waals surface area contributed by atoms with Crippen molar-refractivity contribution in [3.8, 4) is 0 Å². The molecule has 4 heteroatoms. The first-order valence-electron chi connectivity index (χ1n) is 4.80. The third kappa shape index (κ3) is 1.49. The van der Waals surface area contributed by atoms with Gasteiger partial charge in [0, 0.05) is 5.56 Å². The Kier molecular flexibility index (Phi) is 2.19. The molecule has 0 aromatic heterocycles. The normalized spacial score (nSPS) is 22.4. The molecule has 1 atom stereocenters. The van der Waals surface area contributed by atoms with Crippen LogP contribution in [-0.4, -0.2) is 19.5 Å². The van der Waals surface area contributed by atoms with E-state index in [1.165, 1.54) is 13.0 Å². The summed E-state index contributed by atoms with van der Waals surface area (Å²) in [7, 11) is -3.19. The van der Waals surface area contributed by atoms with Gasteiger partial charge in [-0.1, -0.05) is 12.1 Å². The Morgan fingerprint density at radius 1 is 1.40 bits per heavy atom. The number of ketones is 1. The molecule has 1 aliphatic rings. The van der Waals surface area contributed by atoms with E-state index in [9.17, 15) is 13.2 Å². The van der Waals surface area contributed by atoms with Crippen LogP contribution in [0, 0.1) is 0 Å². The van der Waals surface area contributed by atoms with Crippen LogP contribution in [0.15, 0.2) is 23.1 Å². The number of Topliss-reactive ketones (excluding diaryl/α,β-unsaturated/α-hetero) is 1. The quantitative estimate of drug-likeness (QED) is 0.681. The third-order valence-corrected chi connectivity index (χ3v) is 5.04. The topological polar surface area (TPSA) is 51.2 Å². The van der Waals surface area contributed by atoms with Gasteiger partial charge < -0.3 is 0 Å². The molecular formula is C11H12O3S. The molecule has 0 aliphatic carbocycles. The summed E-state index contributed by atoms with van der Waals surface area (Å²) >= 11 is 0. The lowest BCUT2D eigenvalue weighted by Gasteiger charge is -2.01. The average Bonchev–Trinajstić information content (AvgIpc) is 2.38. The van der Waals surface area contributed by atoms with Gasteiger partial charge in [0.25, 0.3) is 0 Å². The second-order valence-corrected chi connectivity index (χ2v) is 6.27. The van der Waals surface area contributed by atoms with Gasteiger partial charge in [0.2, 0.25) is 0 Å². The van der Waals surface area contributed by atoms with Crippen molar-refractivity contribution in [2.75, 3.05) is 0 Å².